The molecule has 0 aromatic carbocycles. The lowest BCUT2D eigenvalue weighted by atomic mass is 10.1. The fraction of sp³-hybridized carbons (Fsp3) is 0. The first-order chi connectivity index (χ1) is 8.25. The Morgan fingerprint density at radius 3 is 3.00 bits per heavy atom. The van der Waals surface area contributed by atoms with E-state index in [2.05, 4.69) is 15.2 Å². The molecule has 0 amide bonds. The molecule has 84 valence electrons. The van der Waals surface area contributed by atoms with Gasteiger partial charge >= 0.3 is 5.97 Å². The molecule has 0 aliphatic carbocycles. The normalized spacial score (nSPS) is 10.8. The fourth-order valence-electron chi connectivity index (χ4n) is 1.69. The molecule has 3 aromatic heterocycles. The van der Waals surface area contributed by atoms with E-state index in [1.807, 2.05) is 11.4 Å². The van der Waals surface area contributed by atoms with Gasteiger partial charge in [-0.15, -0.1) is 11.3 Å². The van der Waals surface area contributed by atoms with Gasteiger partial charge in [-0.05, 0) is 12.1 Å². The second kappa shape index (κ2) is 3.67. The minimum absolute atomic E-state index is 0.204. The molecular weight excluding hydrogens is 238 g/mol. The van der Waals surface area contributed by atoms with Crippen LogP contribution in [0.3, 0.4) is 0 Å². The molecule has 0 radical (unpaired) electrons. The summed E-state index contributed by atoms with van der Waals surface area (Å²) in [5.41, 5.74) is 2.91. The number of aromatic carboxylic acids is 1. The van der Waals surface area contributed by atoms with Crippen LogP contribution in [0.1, 0.15) is 10.5 Å². The number of fused-ring (bicyclic) bond motifs is 1. The molecule has 0 aliphatic rings. The van der Waals surface area contributed by atoms with Gasteiger partial charge in [-0.25, -0.2) is 4.79 Å². The van der Waals surface area contributed by atoms with E-state index in [-0.39, 0.29) is 5.69 Å². The second-order valence-corrected chi connectivity index (χ2v) is 4.42. The highest BCUT2D eigenvalue weighted by Gasteiger charge is 2.13. The van der Waals surface area contributed by atoms with Crippen molar-refractivity contribution in [1.29, 1.82) is 0 Å². The van der Waals surface area contributed by atoms with E-state index < -0.39 is 5.97 Å². The van der Waals surface area contributed by atoms with Crippen molar-refractivity contribution in [2.75, 3.05) is 0 Å². The van der Waals surface area contributed by atoms with Crippen LogP contribution in [0.15, 0.2) is 29.9 Å². The van der Waals surface area contributed by atoms with Crippen LogP contribution in [0, 0.1) is 0 Å². The third kappa shape index (κ3) is 1.58. The van der Waals surface area contributed by atoms with Gasteiger partial charge in [0.2, 0.25) is 0 Å². The van der Waals surface area contributed by atoms with Crippen molar-refractivity contribution in [3.63, 3.8) is 0 Å². The largest absolute Gasteiger partial charge is 0.477 e. The monoisotopic (exact) mass is 245 g/mol. The quantitative estimate of drug-likeness (QED) is 0.726. The zero-order valence-electron chi connectivity index (χ0n) is 8.54. The van der Waals surface area contributed by atoms with Crippen LogP contribution in [-0.2, 0) is 0 Å². The lowest BCUT2D eigenvalue weighted by molar-refractivity contribution is 0.0691. The number of aromatic nitrogens is 3. The Balaban J connectivity index is 2.21. The molecule has 6 heteroatoms. The summed E-state index contributed by atoms with van der Waals surface area (Å²) < 4.78 is 0.925. The number of hydrogen-bond donors (Lipinski definition) is 2. The lowest BCUT2D eigenvalue weighted by Crippen LogP contribution is -1.95. The first-order valence-electron chi connectivity index (χ1n) is 4.86. The van der Waals surface area contributed by atoms with Gasteiger partial charge in [0, 0.05) is 16.5 Å². The van der Waals surface area contributed by atoms with Gasteiger partial charge in [0.05, 0.1) is 22.6 Å². The highest BCUT2D eigenvalue weighted by atomic mass is 32.1. The van der Waals surface area contributed by atoms with Crippen molar-refractivity contribution in [2.45, 2.75) is 0 Å². The summed E-state index contributed by atoms with van der Waals surface area (Å²) in [6.07, 6.45) is 3.27. The summed E-state index contributed by atoms with van der Waals surface area (Å²) in [6.45, 7) is 0. The number of H-pyrrole nitrogens is 1. The highest BCUT2D eigenvalue weighted by molar-refractivity contribution is 7.17. The number of rotatable bonds is 2. The average molecular weight is 245 g/mol. The molecule has 3 heterocycles. The van der Waals surface area contributed by atoms with Gasteiger partial charge in [0.25, 0.3) is 0 Å². The smallest absolute Gasteiger partial charge is 0.352 e. The maximum absolute atomic E-state index is 10.9. The molecule has 2 N–H and O–H groups in total. The zero-order chi connectivity index (χ0) is 11.8. The van der Waals surface area contributed by atoms with Gasteiger partial charge in [-0.2, -0.15) is 10.2 Å². The molecule has 0 saturated heterocycles. The summed E-state index contributed by atoms with van der Waals surface area (Å²) in [7, 11) is 0. The van der Waals surface area contributed by atoms with Crippen molar-refractivity contribution in [1.82, 2.24) is 15.2 Å². The van der Waals surface area contributed by atoms with Crippen LogP contribution in [0.5, 0.6) is 0 Å². The Morgan fingerprint density at radius 2 is 2.29 bits per heavy atom. The van der Waals surface area contributed by atoms with Gasteiger partial charge in [-0.1, -0.05) is 0 Å². The SMILES string of the molecule is O=C(O)c1cc2scc(-c3ccnnc3)c2[nH]1. The number of hydrogen-bond acceptors (Lipinski definition) is 4. The molecule has 17 heavy (non-hydrogen) atoms. The third-order valence-corrected chi connectivity index (χ3v) is 3.41. The number of nitrogens with zero attached hydrogens (tertiary/aromatic N) is 2. The van der Waals surface area contributed by atoms with Gasteiger partial charge in [0.1, 0.15) is 5.69 Å². The molecule has 0 spiro atoms. The van der Waals surface area contributed by atoms with Gasteiger partial charge < -0.3 is 10.1 Å². The molecule has 0 saturated carbocycles. The molecule has 5 nitrogen and oxygen atoms in total. The van der Waals surface area contributed by atoms with Crippen molar-refractivity contribution in [3.05, 3.63) is 35.6 Å². The number of thiophene rings is 1. The van der Waals surface area contributed by atoms with E-state index in [4.69, 9.17) is 5.11 Å². The predicted octanol–water partition coefficient (Wildman–Crippen LogP) is 2.38. The second-order valence-electron chi connectivity index (χ2n) is 3.51. The predicted molar refractivity (Wildman–Crippen MR) is 64.2 cm³/mol. The molecule has 0 aliphatic heterocycles. The fourth-order valence-corrected chi connectivity index (χ4v) is 2.65. The number of carbonyl (C=O) groups is 1. The van der Waals surface area contributed by atoms with E-state index in [0.29, 0.717) is 0 Å². The lowest BCUT2D eigenvalue weighted by Gasteiger charge is -1.95. The van der Waals surface area contributed by atoms with Gasteiger partial charge in [0.15, 0.2) is 0 Å². The average Bonchev–Trinajstić information content (AvgIpc) is 2.89. The van der Waals surface area contributed by atoms with Crippen LogP contribution in [0.2, 0.25) is 0 Å². The molecule has 3 rings (SSSR count). The van der Waals surface area contributed by atoms with E-state index in [9.17, 15) is 4.79 Å². The zero-order valence-corrected chi connectivity index (χ0v) is 9.36. The maximum atomic E-state index is 10.9. The number of nitrogens with one attached hydrogen (secondary N) is 1. The molecule has 0 fully saturated rings. The number of carboxylic acids is 1. The minimum atomic E-state index is -0.952. The third-order valence-electron chi connectivity index (χ3n) is 2.48. The highest BCUT2D eigenvalue weighted by Crippen LogP contribution is 2.33. The Hall–Kier alpha value is -2.21. The van der Waals surface area contributed by atoms with E-state index in [0.717, 1.165) is 21.3 Å². The van der Waals surface area contributed by atoms with E-state index in [1.54, 1.807) is 18.5 Å². The van der Waals surface area contributed by atoms with Crippen molar-refractivity contribution >= 4 is 27.5 Å². The van der Waals surface area contributed by atoms with Crippen molar-refractivity contribution < 1.29 is 9.90 Å². The standard InChI is InChI=1S/C11H7N3O2S/c15-11(16)8-3-9-10(14-8)7(5-17-9)6-1-2-12-13-4-6/h1-5,14H,(H,15,16). The van der Waals surface area contributed by atoms with E-state index in [1.165, 1.54) is 11.3 Å². The van der Waals surface area contributed by atoms with Crippen LogP contribution < -0.4 is 0 Å². The first kappa shape index (κ1) is 9.98. The summed E-state index contributed by atoms with van der Waals surface area (Å²) in [4.78, 5) is 13.8. The van der Waals surface area contributed by atoms with Crippen LogP contribution >= 0.6 is 11.3 Å². The minimum Gasteiger partial charge on any atom is -0.477 e. The summed E-state index contributed by atoms with van der Waals surface area (Å²) in [5, 5.41) is 18.4. The number of aromatic amines is 1. The van der Waals surface area contributed by atoms with Crippen LogP contribution in [0.4, 0.5) is 0 Å². The van der Waals surface area contributed by atoms with E-state index >= 15 is 0 Å². The topological polar surface area (TPSA) is 78.9 Å². The summed E-state index contributed by atoms with van der Waals surface area (Å²) in [6, 6.07) is 3.48. The number of carboxylic acid groups (broad SMARTS) is 1. The van der Waals surface area contributed by atoms with Crippen LogP contribution in [-0.4, -0.2) is 26.3 Å². The Morgan fingerprint density at radius 1 is 1.41 bits per heavy atom. The van der Waals surface area contributed by atoms with Crippen LogP contribution in [0.25, 0.3) is 21.3 Å². The molecule has 0 unspecified atom stereocenters. The first-order valence-corrected chi connectivity index (χ1v) is 5.74. The molecular formula is C11H7N3O2S. The molecule has 3 aromatic rings. The van der Waals surface area contributed by atoms with Crippen molar-refractivity contribution in [3.8, 4) is 11.1 Å². The summed E-state index contributed by atoms with van der Waals surface area (Å²) in [5.74, 6) is -0.952. The Bertz CT molecular complexity index is 687. The molecule has 0 atom stereocenters. The maximum Gasteiger partial charge on any atom is 0.352 e. The summed E-state index contributed by atoms with van der Waals surface area (Å²) >= 11 is 1.50. The Labute approximate surface area is 99.7 Å². The molecule has 0 bridgehead atoms. The Kier molecular flexibility index (Phi) is 2.15. The van der Waals surface area contributed by atoms with Gasteiger partial charge in [-0.3, -0.25) is 0 Å². The van der Waals surface area contributed by atoms with Crippen molar-refractivity contribution in [2.24, 2.45) is 0 Å².